The number of nitrogens with one attached hydrogen (secondary N) is 1. The first-order chi connectivity index (χ1) is 13.7. The van der Waals surface area contributed by atoms with Gasteiger partial charge in [-0.3, -0.25) is 9.59 Å². The number of hydrogen-bond acceptors (Lipinski definition) is 3. The van der Waals surface area contributed by atoms with E-state index < -0.39 is 0 Å². The number of likely N-dealkylation sites (tertiary alicyclic amines) is 1. The van der Waals surface area contributed by atoms with Crippen molar-refractivity contribution in [2.24, 2.45) is 0 Å². The van der Waals surface area contributed by atoms with Gasteiger partial charge in [0, 0.05) is 38.2 Å². The molecule has 2 aromatic carbocycles. The number of rotatable bonds is 7. The smallest absolute Gasteiger partial charge is 0.251 e. The van der Waals surface area contributed by atoms with Crippen LogP contribution in [0.4, 0.5) is 0 Å². The summed E-state index contributed by atoms with van der Waals surface area (Å²) in [7, 11) is 0. The maximum Gasteiger partial charge on any atom is 0.251 e. The second-order valence-electron chi connectivity index (χ2n) is 7.16. The monoisotopic (exact) mass is 376 g/mol. The first-order valence-electron chi connectivity index (χ1n) is 9.75. The van der Waals surface area contributed by atoms with E-state index in [0.717, 1.165) is 42.5 Å². The standard InChI is InChI=1S/C22H24N4O2/c27-21-10-4-12-25(21)15-17-6-3-7-18(14-17)22(28)23-11-5-13-26-16-24-19-8-1-2-9-20(19)26/h1-3,6-9,14,16H,4-5,10-13,15H2,(H,23,28). The number of nitrogens with zero attached hydrogens (tertiary/aromatic N) is 3. The van der Waals surface area contributed by atoms with Crippen molar-refractivity contribution >= 4 is 22.8 Å². The zero-order valence-corrected chi connectivity index (χ0v) is 15.8. The Morgan fingerprint density at radius 3 is 2.89 bits per heavy atom. The van der Waals surface area contributed by atoms with Crippen LogP contribution in [0.25, 0.3) is 11.0 Å². The molecule has 1 N–H and O–H groups in total. The van der Waals surface area contributed by atoms with E-state index in [2.05, 4.69) is 20.9 Å². The molecule has 1 aromatic heterocycles. The van der Waals surface area contributed by atoms with E-state index in [0.29, 0.717) is 25.1 Å². The molecule has 0 spiro atoms. The fourth-order valence-corrected chi connectivity index (χ4v) is 3.64. The van der Waals surface area contributed by atoms with Crippen molar-refractivity contribution < 1.29 is 9.59 Å². The Kier molecular flexibility index (Phi) is 5.37. The van der Waals surface area contributed by atoms with Crippen molar-refractivity contribution in [1.82, 2.24) is 19.8 Å². The number of carbonyl (C=O) groups excluding carboxylic acids is 2. The van der Waals surface area contributed by atoms with Crippen molar-refractivity contribution in [3.63, 3.8) is 0 Å². The van der Waals surface area contributed by atoms with Crippen LogP contribution in [-0.4, -0.2) is 39.4 Å². The van der Waals surface area contributed by atoms with Crippen LogP contribution < -0.4 is 5.32 Å². The predicted octanol–water partition coefficient (Wildman–Crippen LogP) is 2.98. The fraction of sp³-hybridized carbons (Fsp3) is 0.318. The molecule has 0 aliphatic carbocycles. The first-order valence-corrected chi connectivity index (χ1v) is 9.75. The largest absolute Gasteiger partial charge is 0.352 e. The molecule has 6 nitrogen and oxygen atoms in total. The van der Waals surface area contributed by atoms with Gasteiger partial charge in [0.15, 0.2) is 0 Å². The summed E-state index contributed by atoms with van der Waals surface area (Å²) in [6.45, 7) is 2.78. The number of carbonyl (C=O) groups is 2. The Bertz CT molecular complexity index is 995. The average molecular weight is 376 g/mol. The fourth-order valence-electron chi connectivity index (χ4n) is 3.64. The summed E-state index contributed by atoms with van der Waals surface area (Å²) in [6, 6.07) is 15.6. The van der Waals surface area contributed by atoms with E-state index in [9.17, 15) is 9.59 Å². The highest BCUT2D eigenvalue weighted by atomic mass is 16.2. The second kappa shape index (κ2) is 8.25. The maximum absolute atomic E-state index is 12.5. The van der Waals surface area contributed by atoms with Gasteiger partial charge in [-0.25, -0.2) is 4.98 Å². The van der Waals surface area contributed by atoms with Crippen LogP contribution in [0.3, 0.4) is 0 Å². The van der Waals surface area contributed by atoms with Crippen LogP contribution in [0.15, 0.2) is 54.9 Å². The number of fused-ring (bicyclic) bond motifs is 1. The zero-order valence-electron chi connectivity index (χ0n) is 15.8. The van der Waals surface area contributed by atoms with E-state index in [1.165, 1.54) is 0 Å². The topological polar surface area (TPSA) is 67.2 Å². The summed E-state index contributed by atoms with van der Waals surface area (Å²) in [4.78, 5) is 30.5. The van der Waals surface area contributed by atoms with Crippen LogP contribution in [0.2, 0.25) is 0 Å². The number of aromatic nitrogens is 2. The minimum atomic E-state index is -0.0786. The summed E-state index contributed by atoms with van der Waals surface area (Å²) in [5, 5.41) is 2.99. The molecular weight excluding hydrogens is 352 g/mol. The number of amides is 2. The third kappa shape index (κ3) is 4.06. The summed E-state index contributed by atoms with van der Waals surface area (Å²) < 4.78 is 2.11. The van der Waals surface area contributed by atoms with Crippen LogP contribution in [0.1, 0.15) is 35.2 Å². The summed E-state index contributed by atoms with van der Waals surface area (Å²) in [6.07, 6.45) is 4.22. The summed E-state index contributed by atoms with van der Waals surface area (Å²) in [5.41, 5.74) is 3.72. The molecule has 2 heterocycles. The molecule has 28 heavy (non-hydrogen) atoms. The van der Waals surface area contributed by atoms with Gasteiger partial charge in [0.2, 0.25) is 5.91 Å². The number of benzene rings is 2. The lowest BCUT2D eigenvalue weighted by Crippen LogP contribution is -2.26. The van der Waals surface area contributed by atoms with Gasteiger partial charge < -0.3 is 14.8 Å². The second-order valence-corrected chi connectivity index (χ2v) is 7.16. The Morgan fingerprint density at radius 1 is 1.14 bits per heavy atom. The highest BCUT2D eigenvalue weighted by Gasteiger charge is 2.20. The summed E-state index contributed by atoms with van der Waals surface area (Å²) >= 11 is 0. The van der Waals surface area contributed by atoms with Gasteiger partial charge in [-0.15, -0.1) is 0 Å². The highest BCUT2D eigenvalue weighted by molar-refractivity contribution is 5.94. The van der Waals surface area contributed by atoms with Gasteiger partial charge in [-0.1, -0.05) is 24.3 Å². The van der Waals surface area contributed by atoms with Crippen LogP contribution in [-0.2, 0) is 17.9 Å². The molecule has 2 amide bonds. The molecule has 1 aliphatic heterocycles. The average Bonchev–Trinajstić information content (AvgIpc) is 3.31. The molecule has 0 unspecified atom stereocenters. The van der Waals surface area contributed by atoms with Crippen molar-refractivity contribution in [2.45, 2.75) is 32.4 Å². The molecule has 0 saturated carbocycles. The Morgan fingerprint density at radius 2 is 2.04 bits per heavy atom. The van der Waals surface area contributed by atoms with E-state index in [1.807, 2.05) is 53.7 Å². The van der Waals surface area contributed by atoms with Crippen LogP contribution in [0.5, 0.6) is 0 Å². The SMILES string of the molecule is O=C(NCCCn1cnc2ccccc21)c1cccc(CN2CCCC2=O)c1. The highest BCUT2D eigenvalue weighted by Crippen LogP contribution is 2.15. The van der Waals surface area contributed by atoms with Gasteiger partial charge in [0.1, 0.15) is 0 Å². The molecule has 4 rings (SSSR count). The number of para-hydroxylation sites is 2. The molecular formula is C22H24N4O2. The maximum atomic E-state index is 12.5. The molecule has 1 fully saturated rings. The number of hydrogen-bond donors (Lipinski definition) is 1. The molecule has 144 valence electrons. The quantitative estimate of drug-likeness (QED) is 0.645. The lowest BCUT2D eigenvalue weighted by Gasteiger charge is -2.16. The van der Waals surface area contributed by atoms with Gasteiger partial charge in [-0.05, 0) is 42.7 Å². The summed E-state index contributed by atoms with van der Waals surface area (Å²) in [5.74, 6) is 0.118. The zero-order chi connectivity index (χ0) is 19.3. The van der Waals surface area contributed by atoms with Crippen molar-refractivity contribution in [3.8, 4) is 0 Å². The molecule has 0 radical (unpaired) electrons. The minimum Gasteiger partial charge on any atom is -0.352 e. The van der Waals surface area contributed by atoms with E-state index in [4.69, 9.17) is 0 Å². The van der Waals surface area contributed by atoms with Gasteiger partial charge in [0.05, 0.1) is 17.4 Å². The molecule has 3 aromatic rings. The molecule has 1 aliphatic rings. The predicted molar refractivity (Wildman–Crippen MR) is 108 cm³/mol. The molecule has 0 atom stereocenters. The van der Waals surface area contributed by atoms with Crippen LogP contribution in [0, 0.1) is 0 Å². The Balaban J connectivity index is 1.29. The van der Waals surface area contributed by atoms with Crippen LogP contribution >= 0.6 is 0 Å². The Labute approximate surface area is 164 Å². The number of aryl methyl sites for hydroxylation is 1. The molecule has 0 bridgehead atoms. The number of imidazole rings is 1. The van der Waals surface area contributed by atoms with Gasteiger partial charge >= 0.3 is 0 Å². The lowest BCUT2D eigenvalue weighted by atomic mass is 10.1. The van der Waals surface area contributed by atoms with E-state index in [1.54, 1.807) is 0 Å². The van der Waals surface area contributed by atoms with Gasteiger partial charge in [-0.2, -0.15) is 0 Å². The van der Waals surface area contributed by atoms with Crippen molar-refractivity contribution in [3.05, 3.63) is 66.0 Å². The molecule has 1 saturated heterocycles. The third-order valence-corrected chi connectivity index (χ3v) is 5.12. The van der Waals surface area contributed by atoms with E-state index >= 15 is 0 Å². The minimum absolute atomic E-state index is 0.0786. The van der Waals surface area contributed by atoms with Gasteiger partial charge in [0.25, 0.3) is 5.91 Å². The van der Waals surface area contributed by atoms with Crippen molar-refractivity contribution in [2.75, 3.05) is 13.1 Å². The molecule has 6 heteroatoms. The van der Waals surface area contributed by atoms with Crippen molar-refractivity contribution in [1.29, 1.82) is 0 Å². The first kappa shape index (κ1) is 18.2. The Hall–Kier alpha value is -3.15. The lowest BCUT2D eigenvalue weighted by molar-refractivity contribution is -0.128. The normalized spacial score (nSPS) is 14.0. The third-order valence-electron chi connectivity index (χ3n) is 5.12. The van der Waals surface area contributed by atoms with E-state index in [-0.39, 0.29) is 11.8 Å².